The molecule has 3 aliphatic rings. The first-order chi connectivity index (χ1) is 13.3. The van der Waals surface area contributed by atoms with Crippen LogP contribution in [0, 0.1) is 17.3 Å². The van der Waals surface area contributed by atoms with Crippen molar-refractivity contribution in [2.75, 3.05) is 26.2 Å². The summed E-state index contributed by atoms with van der Waals surface area (Å²) in [7, 11) is 0. The molecule has 1 aromatic carbocycles. The van der Waals surface area contributed by atoms with Crippen LogP contribution in [0.25, 0.3) is 0 Å². The van der Waals surface area contributed by atoms with Crippen molar-refractivity contribution >= 4 is 5.91 Å². The fourth-order valence-electron chi connectivity index (χ4n) is 5.46. The zero-order chi connectivity index (χ0) is 18.5. The molecule has 1 saturated heterocycles. The van der Waals surface area contributed by atoms with Gasteiger partial charge in [-0.2, -0.15) is 0 Å². The molecule has 2 aliphatic carbocycles. The van der Waals surface area contributed by atoms with E-state index in [9.17, 15) is 4.79 Å². The second-order valence-corrected chi connectivity index (χ2v) is 9.30. The zero-order valence-corrected chi connectivity index (χ0v) is 16.8. The number of rotatable bonds is 7. The summed E-state index contributed by atoms with van der Waals surface area (Å²) in [6.45, 7) is 4.56. The lowest BCUT2D eigenvalue weighted by molar-refractivity contribution is -0.123. The molecular formula is C24H36N2O. The Kier molecular flexibility index (Phi) is 6.17. The summed E-state index contributed by atoms with van der Waals surface area (Å²) in [5, 5.41) is 3.21. The first-order valence-corrected chi connectivity index (χ1v) is 11.3. The Bertz CT molecular complexity index is 600. The van der Waals surface area contributed by atoms with Crippen LogP contribution in [0.4, 0.5) is 0 Å². The summed E-state index contributed by atoms with van der Waals surface area (Å²) in [5.74, 6) is 1.56. The van der Waals surface area contributed by atoms with Gasteiger partial charge in [-0.15, -0.1) is 0 Å². The van der Waals surface area contributed by atoms with Crippen molar-refractivity contribution in [2.45, 2.75) is 64.2 Å². The normalized spacial score (nSPS) is 25.4. The van der Waals surface area contributed by atoms with E-state index in [0.717, 1.165) is 31.7 Å². The maximum absolute atomic E-state index is 12.6. The number of carbonyl (C=O) groups excluding carboxylic acids is 1. The van der Waals surface area contributed by atoms with Gasteiger partial charge in [-0.05, 0) is 74.9 Å². The van der Waals surface area contributed by atoms with Crippen molar-refractivity contribution in [2.24, 2.45) is 17.3 Å². The minimum Gasteiger partial charge on any atom is -0.356 e. The molecule has 1 spiro atoms. The second kappa shape index (κ2) is 8.77. The number of amides is 1. The van der Waals surface area contributed by atoms with Gasteiger partial charge >= 0.3 is 0 Å². The van der Waals surface area contributed by atoms with Gasteiger partial charge in [0, 0.05) is 19.0 Å². The lowest BCUT2D eigenvalue weighted by Crippen LogP contribution is -2.40. The van der Waals surface area contributed by atoms with Gasteiger partial charge in [0.15, 0.2) is 0 Å². The van der Waals surface area contributed by atoms with Crippen LogP contribution in [-0.2, 0) is 11.2 Å². The van der Waals surface area contributed by atoms with Crippen molar-refractivity contribution in [1.29, 1.82) is 0 Å². The predicted octanol–water partition coefficient (Wildman–Crippen LogP) is 4.42. The topological polar surface area (TPSA) is 32.3 Å². The van der Waals surface area contributed by atoms with Gasteiger partial charge in [0.1, 0.15) is 0 Å². The highest BCUT2D eigenvalue weighted by atomic mass is 16.2. The van der Waals surface area contributed by atoms with E-state index in [1.165, 1.54) is 70.1 Å². The molecule has 1 N–H and O–H groups in total. The first-order valence-electron chi connectivity index (χ1n) is 11.3. The Labute approximate surface area is 164 Å². The van der Waals surface area contributed by atoms with Crippen LogP contribution < -0.4 is 5.32 Å². The van der Waals surface area contributed by atoms with Crippen molar-refractivity contribution in [3.8, 4) is 0 Å². The van der Waals surface area contributed by atoms with E-state index >= 15 is 0 Å². The van der Waals surface area contributed by atoms with Gasteiger partial charge in [0.2, 0.25) is 5.91 Å². The monoisotopic (exact) mass is 368 g/mol. The molecule has 0 unspecified atom stereocenters. The van der Waals surface area contributed by atoms with Crippen LogP contribution in [0.15, 0.2) is 30.3 Å². The lowest BCUT2D eigenvalue weighted by Gasteiger charge is -2.36. The Morgan fingerprint density at radius 2 is 1.81 bits per heavy atom. The van der Waals surface area contributed by atoms with Gasteiger partial charge in [0.05, 0.1) is 0 Å². The second-order valence-electron chi connectivity index (χ2n) is 9.30. The molecule has 1 heterocycles. The molecule has 4 rings (SSSR count). The highest BCUT2D eigenvalue weighted by molar-refractivity contribution is 5.82. The van der Waals surface area contributed by atoms with E-state index in [0.29, 0.717) is 17.2 Å². The van der Waals surface area contributed by atoms with Crippen molar-refractivity contribution < 1.29 is 4.79 Å². The number of nitrogens with zero attached hydrogens (tertiary/aromatic N) is 1. The number of benzene rings is 1. The van der Waals surface area contributed by atoms with E-state index in [1.54, 1.807) is 0 Å². The van der Waals surface area contributed by atoms with Crippen LogP contribution in [-0.4, -0.2) is 37.0 Å². The molecule has 3 heteroatoms. The van der Waals surface area contributed by atoms with Crippen LogP contribution >= 0.6 is 0 Å². The van der Waals surface area contributed by atoms with Crippen LogP contribution in [0.2, 0.25) is 0 Å². The number of nitrogens with one attached hydrogen (secondary N) is 1. The summed E-state index contributed by atoms with van der Waals surface area (Å²) < 4.78 is 0. The van der Waals surface area contributed by atoms with Crippen molar-refractivity contribution in [3.63, 3.8) is 0 Å². The summed E-state index contributed by atoms with van der Waals surface area (Å²) in [5.41, 5.74) is 1.71. The summed E-state index contributed by atoms with van der Waals surface area (Å²) >= 11 is 0. The third-order valence-corrected chi connectivity index (χ3v) is 7.38. The Balaban J connectivity index is 1.13. The molecule has 1 aromatic rings. The molecular weight excluding hydrogens is 332 g/mol. The smallest absolute Gasteiger partial charge is 0.223 e. The van der Waals surface area contributed by atoms with Gasteiger partial charge < -0.3 is 10.2 Å². The van der Waals surface area contributed by atoms with E-state index in [1.807, 2.05) is 0 Å². The first kappa shape index (κ1) is 19.0. The summed E-state index contributed by atoms with van der Waals surface area (Å²) in [6.07, 6.45) is 12.9. The molecule has 0 bridgehead atoms. The minimum absolute atomic E-state index is 0.297. The third kappa shape index (κ3) is 4.93. The zero-order valence-electron chi connectivity index (χ0n) is 16.8. The molecule has 3 fully saturated rings. The largest absolute Gasteiger partial charge is 0.356 e. The fraction of sp³-hybridized carbons (Fsp3) is 0.708. The molecule has 0 aromatic heterocycles. The third-order valence-electron chi connectivity index (χ3n) is 7.38. The Morgan fingerprint density at radius 3 is 2.56 bits per heavy atom. The average Bonchev–Trinajstić information content (AvgIpc) is 3.42. The standard InChI is InChI=1S/C24H36N2O/c27-23(25-15-7-12-20-8-3-1-4-9-20)22-18-24(22)13-16-26(17-14-24)19-21-10-5-2-6-11-21/h1,3-4,8-9,21-22H,2,5-7,10-19H2,(H,25,27)/t22-/m0/s1. The molecule has 1 amide bonds. The van der Waals surface area contributed by atoms with E-state index in [4.69, 9.17) is 0 Å². The quantitative estimate of drug-likeness (QED) is 0.723. The predicted molar refractivity (Wildman–Crippen MR) is 111 cm³/mol. The van der Waals surface area contributed by atoms with E-state index in [-0.39, 0.29) is 0 Å². The Morgan fingerprint density at radius 1 is 1.07 bits per heavy atom. The van der Waals surface area contributed by atoms with Crippen molar-refractivity contribution in [3.05, 3.63) is 35.9 Å². The Hall–Kier alpha value is -1.35. The lowest BCUT2D eigenvalue weighted by atomic mass is 9.86. The molecule has 27 heavy (non-hydrogen) atoms. The summed E-state index contributed by atoms with van der Waals surface area (Å²) in [4.78, 5) is 15.3. The maximum atomic E-state index is 12.6. The number of carbonyl (C=O) groups is 1. The SMILES string of the molecule is O=C(NCCCc1ccccc1)[C@@H]1CC12CCN(CC1CCCCC1)CC2. The molecule has 2 saturated carbocycles. The average molecular weight is 369 g/mol. The number of aryl methyl sites for hydroxylation is 1. The van der Waals surface area contributed by atoms with E-state index < -0.39 is 0 Å². The number of likely N-dealkylation sites (tertiary alicyclic amines) is 1. The fourth-order valence-corrected chi connectivity index (χ4v) is 5.46. The molecule has 0 radical (unpaired) electrons. The minimum atomic E-state index is 0.297. The van der Waals surface area contributed by atoms with E-state index in [2.05, 4.69) is 40.5 Å². The highest BCUT2D eigenvalue weighted by Crippen LogP contribution is 2.59. The van der Waals surface area contributed by atoms with Gasteiger partial charge in [-0.1, -0.05) is 49.6 Å². The maximum Gasteiger partial charge on any atom is 0.223 e. The van der Waals surface area contributed by atoms with Crippen LogP contribution in [0.1, 0.15) is 63.4 Å². The van der Waals surface area contributed by atoms with Gasteiger partial charge in [-0.3, -0.25) is 4.79 Å². The number of piperidine rings is 1. The van der Waals surface area contributed by atoms with Crippen molar-refractivity contribution in [1.82, 2.24) is 10.2 Å². The van der Waals surface area contributed by atoms with Gasteiger partial charge in [-0.25, -0.2) is 0 Å². The number of hydrogen-bond donors (Lipinski definition) is 1. The van der Waals surface area contributed by atoms with Crippen LogP contribution in [0.5, 0.6) is 0 Å². The molecule has 3 nitrogen and oxygen atoms in total. The van der Waals surface area contributed by atoms with Crippen LogP contribution in [0.3, 0.4) is 0 Å². The molecule has 1 atom stereocenters. The number of hydrogen-bond acceptors (Lipinski definition) is 2. The molecule has 148 valence electrons. The highest BCUT2D eigenvalue weighted by Gasteiger charge is 2.58. The summed E-state index contributed by atoms with van der Waals surface area (Å²) in [6, 6.07) is 10.6. The molecule has 1 aliphatic heterocycles. The van der Waals surface area contributed by atoms with Gasteiger partial charge in [0.25, 0.3) is 0 Å².